The van der Waals surface area contributed by atoms with E-state index in [0.29, 0.717) is 5.92 Å². The number of hydrogen-bond acceptors (Lipinski definition) is 1. The highest BCUT2D eigenvalue weighted by Crippen LogP contribution is 2.34. The van der Waals surface area contributed by atoms with E-state index in [1.807, 2.05) is 0 Å². The van der Waals surface area contributed by atoms with Crippen molar-refractivity contribution < 1.29 is 0 Å². The first kappa shape index (κ1) is 17.5. The maximum atomic E-state index is 5.04. The molecule has 1 heterocycles. The van der Waals surface area contributed by atoms with Crippen molar-refractivity contribution in [2.75, 3.05) is 0 Å². The van der Waals surface area contributed by atoms with E-state index in [1.165, 1.54) is 16.7 Å². The van der Waals surface area contributed by atoms with E-state index in [2.05, 4.69) is 101 Å². The molecule has 3 rings (SSSR count). The van der Waals surface area contributed by atoms with Gasteiger partial charge >= 0.3 is 0 Å². The molecule has 2 unspecified atom stereocenters. The maximum absolute atomic E-state index is 5.04. The Bertz CT molecular complexity index is 777. The highest BCUT2D eigenvalue weighted by Gasteiger charge is 2.30. The average molecular weight is 332 g/mol. The lowest BCUT2D eigenvalue weighted by Crippen LogP contribution is -2.38. The molecule has 2 aromatic rings. The lowest BCUT2D eigenvalue weighted by Gasteiger charge is -2.33. The van der Waals surface area contributed by atoms with E-state index in [1.54, 1.807) is 0 Å². The minimum atomic E-state index is -0.121. The number of rotatable bonds is 2. The van der Waals surface area contributed by atoms with Crippen molar-refractivity contribution in [2.24, 2.45) is 10.9 Å². The molecule has 0 fully saturated rings. The Hall–Kier alpha value is -2.35. The molecule has 1 aliphatic heterocycles. The first-order valence-electron chi connectivity index (χ1n) is 9.04. The van der Waals surface area contributed by atoms with Gasteiger partial charge < -0.3 is 5.32 Å². The van der Waals surface area contributed by atoms with Gasteiger partial charge in [-0.3, -0.25) is 4.99 Å². The van der Waals surface area contributed by atoms with Gasteiger partial charge in [0.15, 0.2) is 0 Å². The topological polar surface area (TPSA) is 24.4 Å². The van der Waals surface area contributed by atoms with Crippen molar-refractivity contribution in [3.8, 4) is 0 Å². The number of aryl methyl sites for hydroxylation is 1. The van der Waals surface area contributed by atoms with Crippen LogP contribution in [0, 0.1) is 12.8 Å². The molecule has 0 spiro atoms. The third kappa shape index (κ3) is 4.19. The lowest BCUT2D eigenvalue weighted by atomic mass is 9.82. The second kappa shape index (κ2) is 6.87. The maximum Gasteiger partial charge on any atom is 0.109 e. The molecule has 25 heavy (non-hydrogen) atoms. The molecule has 1 N–H and O–H groups in total. The van der Waals surface area contributed by atoms with Gasteiger partial charge in [0.1, 0.15) is 5.84 Å². The number of nitrogens with zero attached hydrogens (tertiary/aromatic N) is 1. The minimum Gasteiger partial charge on any atom is -0.343 e. The monoisotopic (exact) mass is 332 g/mol. The van der Waals surface area contributed by atoms with E-state index in [4.69, 9.17) is 4.99 Å². The van der Waals surface area contributed by atoms with E-state index in [0.717, 1.165) is 11.5 Å². The Morgan fingerprint density at radius 1 is 0.920 bits per heavy atom. The van der Waals surface area contributed by atoms with Crippen molar-refractivity contribution in [1.29, 1.82) is 0 Å². The van der Waals surface area contributed by atoms with Gasteiger partial charge in [0.2, 0.25) is 0 Å². The zero-order valence-electron chi connectivity index (χ0n) is 15.9. The van der Waals surface area contributed by atoms with E-state index < -0.39 is 0 Å². The zero-order valence-corrected chi connectivity index (χ0v) is 15.9. The van der Waals surface area contributed by atoms with E-state index in [-0.39, 0.29) is 11.5 Å². The van der Waals surface area contributed by atoms with Gasteiger partial charge in [0.25, 0.3) is 0 Å². The molecule has 0 aromatic heterocycles. The fourth-order valence-corrected chi connectivity index (χ4v) is 3.35. The summed E-state index contributed by atoms with van der Waals surface area (Å²) >= 11 is 0. The molecule has 2 heteroatoms. The number of benzene rings is 2. The number of amidine groups is 1. The molecule has 2 aromatic carbocycles. The Kier molecular flexibility index (Phi) is 4.80. The second-order valence-electron chi connectivity index (χ2n) is 7.99. The summed E-state index contributed by atoms with van der Waals surface area (Å²) in [6, 6.07) is 19.3. The third-order valence-corrected chi connectivity index (χ3v) is 4.49. The van der Waals surface area contributed by atoms with Crippen LogP contribution in [0.25, 0.3) is 5.70 Å². The molecule has 0 saturated heterocycles. The van der Waals surface area contributed by atoms with Crippen molar-refractivity contribution in [2.45, 2.75) is 46.1 Å². The number of aliphatic imine (C=N–C) groups is 1. The first-order valence-corrected chi connectivity index (χ1v) is 9.04. The Balaban J connectivity index is 2.05. The molecule has 2 nitrogen and oxygen atoms in total. The number of nitrogens with one attached hydrogen (secondary N) is 1. The van der Waals surface area contributed by atoms with E-state index >= 15 is 0 Å². The lowest BCUT2D eigenvalue weighted by molar-refractivity contribution is 0.562. The Morgan fingerprint density at radius 2 is 1.56 bits per heavy atom. The SMILES string of the molecule is Cc1ccc(C2C(=NC(C)(C)C)NC(c3ccccc3)=CC2C)cc1. The zero-order chi connectivity index (χ0) is 18.0. The summed E-state index contributed by atoms with van der Waals surface area (Å²) in [6.45, 7) is 10.9. The summed E-state index contributed by atoms with van der Waals surface area (Å²) in [5, 5.41) is 3.63. The predicted octanol–water partition coefficient (Wildman–Crippen LogP) is 5.56. The first-order chi connectivity index (χ1) is 11.8. The van der Waals surface area contributed by atoms with Crippen molar-refractivity contribution >= 4 is 11.5 Å². The smallest absolute Gasteiger partial charge is 0.109 e. The molecule has 1 aliphatic rings. The molecule has 0 aliphatic carbocycles. The number of allylic oxidation sites excluding steroid dienone is 1. The molecule has 0 amide bonds. The Labute approximate surface area is 151 Å². The molecule has 130 valence electrons. The van der Waals surface area contributed by atoms with Gasteiger partial charge in [-0.15, -0.1) is 0 Å². The van der Waals surface area contributed by atoms with Gasteiger partial charge in [-0.1, -0.05) is 73.2 Å². The Morgan fingerprint density at radius 3 is 2.16 bits per heavy atom. The minimum absolute atomic E-state index is 0.121. The van der Waals surface area contributed by atoms with E-state index in [9.17, 15) is 0 Å². The van der Waals surface area contributed by atoms with Crippen LogP contribution < -0.4 is 5.32 Å². The van der Waals surface area contributed by atoms with Gasteiger partial charge in [0.05, 0.1) is 5.54 Å². The van der Waals surface area contributed by atoms with Crippen LogP contribution in [0.5, 0.6) is 0 Å². The quantitative estimate of drug-likeness (QED) is 0.765. The van der Waals surface area contributed by atoms with Crippen LogP contribution in [-0.4, -0.2) is 11.4 Å². The summed E-state index contributed by atoms with van der Waals surface area (Å²) in [5.41, 5.74) is 4.84. The van der Waals surface area contributed by atoms with Gasteiger partial charge in [-0.05, 0) is 44.7 Å². The van der Waals surface area contributed by atoms with Crippen LogP contribution in [0.15, 0.2) is 65.7 Å². The van der Waals surface area contributed by atoms with Crippen molar-refractivity contribution in [3.63, 3.8) is 0 Å². The van der Waals surface area contributed by atoms with Gasteiger partial charge in [0, 0.05) is 11.6 Å². The summed E-state index contributed by atoms with van der Waals surface area (Å²) in [6.07, 6.45) is 2.33. The molecule has 0 saturated carbocycles. The number of hydrogen-bond donors (Lipinski definition) is 1. The second-order valence-corrected chi connectivity index (χ2v) is 7.99. The van der Waals surface area contributed by atoms with Crippen LogP contribution in [-0.2, 0) is 0 Å². The van der Waals surface area contributed by atoms with Crippen molar-refractivity contribution in [3.05, 3.63) is 77.4 Å². The predicted molar refractivity (Wildman–Crippen MR) is 108 cm³/mol. The van der Waals surface area contributed by atoms with Crippen LogP contribution in [0.3, 0.4) is 0 Å². The largest absolute Gasteiger partial charge is 0.343 e. The standard InChI is InChI=1S/C23H28N2/c1-16-11-13-19(14-12-16)21-17(2)15-20(18-9-7-6-8-10-18)24-22(21)25-23(3,4)5/h6-15,17,21H,1-5H3,(H,24,25). The fourth-order valence-electron chi connectivity index (χ4n) is 3.35. The fraction of sp³-hybridized carbons (Fsp3) is 0.348. The molecular weight excluding hydrogens is 304 g/mol. The van der Waals surface area contributed by atoms with Crippen LogP contribution >= 0.6 is 0 Å². The highest BCUT2D eigenvalue weighted by atomic mass is 15.0. The molecule has 0 bridgehead atoms. The van der Waals surface area contributed by atoms with Crippen LogP contribution in [0.2, 0.25) is 0 Å². The van der Waals surface area contributed by atoms with Crippen molar-refractivity contribution in [1.82, 2.24) is 5.32 Å². The summed E-state index contributed by atoms with van der Waals surface area (Å²) in [5.74, 6) is 1.69. The molecule has 2 atom stereocenters. The summed E-state index contributed by atoms with van der Waals surface area (Å²) in [4.78, 5) is 5.04. The average Bonchev–Trinajstić information content (AvgIpc) is 2.55. The van der Waals surface area contributed by atoms with Crippen LogP contribution in [0.1, 0.15) is 50.3 Å². The van der Waals surface area contributed by atoms with Gasteiger partial charge in [-0.2, -0.15) is 0 Å². The highest BCUT2D eigenvalue weighted by molar-refractivity contribution is 5.98. The van der Waals surface area contributed by atoms with Gasteiger partial charge in [-0.25, -0.2) is 0 Å². The van der Waals surface area contributed by atoms with Crippen LogP contribution in [0.4, 0.5) is 0 Å². The summed E-state index contributed by atoms with van der Waals surface area (Å²) in [7, 11) is 0. The third-order valence-electron chi connectivity index (χ3n) is 4.49. The molecule has 0 radical (unpaired) electrons. The summed E-state index contributed by atoms with van der Waals surface area (Å²) < 4.78 is 0. The normalized spacial score (nSPS) is 22.4. The molecular formula is C23H28N2.